The lowest BCUT2D eigenvalue weighted by molar-refractivity contribution is 0.0989. The first-order chi connectivity index (χ1) is 8.17. The first-order valence-corrected chi connectivity index (χ1v) is 6.03. The van der Waals surface area contributed by atoms with Crippen molar-refractivity contribution in [2.45, 2.75) is 13.3 Å². The molecule has 5 nitrogen and oxygen atoms in total. The van der Waals surface area contributed by atoms with Crippen LogP contribution in [0.5, 0.6) is 5.88 Å². The van der Waals surface area contributed by atoms with Gasteiger partial charge in [-0.3, -0.25) is 4.79 Å². The van der Waals surface area contributed by atoms with E-state index in [-0.39, 0.29) is 5.78 Å². The molecule has 0 aliphatic rings. The molecular formula is C11H13N3O2S. The van der Waals surface area contributed by atoms with Gasteiger partial charge in [-0.2, -0.15) is 4.98 Å². The smallest absolute Gasteiger partial charge is 0.236 e. The molecule has 90 valence electrons. The largest absolute Gasteiger partial charge is 0.480 e. The Morgan fingerprint density at radius 1 is 1.59 bits per heavy atom. The fraction of sp³-hybridized carbons (Fsp3) is 0.364. The topological polar surface area (TPSA) is 57.0 Å². The van der Waals surface area contributed by atoms with Crippen LogP contribution in [0.3, 0.4) is 0 Å². The van der Waals surface area contributed by atoms with Crippen LogP contribution in [0, 0.1) is 0 Å². The van der Waals surface area contributed by atoms with Crippen LogP contribution < -0.4 is 4.74 Å². The van der Waals surface area contributed by atoms with Gasteiger partial charge in [-0.25, -0.2) is 4.98 Å². The molecule has 2 aromatic rings. The highest BCUT2D eigenvalue weighted by atomic mass is 32.1. The second-order valence-corrected chi connectivity index (χ2v) is 4.52. The highest BCUT2D eigenvalue weighted by molar-refractivity contribution is 7.17. The summed E-state index contributed by atoms with van der Waals surface area (Å²) in [5.41, 5.74) is 0.878. The van der Waals surface area contributed by atoms with E-state index < -0.39 is 0 Å². The van der Waals surface area contributed by atoms with E-state index in [2.05, 4.69) is 9.97 Å². The predicted molar refractivity (Wildman–Crippen MR) is 65.5 cm³/mol. The molecule has 2 rings (SSSR count). The van der Waals surface area contributed by atoms with E-state index in [9.17, 15) is 4.79 Å². The number of carbonyl (C=O) groups excluding carboxylic acids is 1. The number of rotatable bonds is 4. The Morgan fingerprint density at radius 2 is 2.35 bits per heavy atom. The minimum absolute atomic E-state index is 0.0489. The number of aromatic nitrogens is 3. The zero-order valence-electron chi connectivity index (χ0n) is 9.93. The van der Waals surface area contributed by atoms with Crippen LogP contribution in [0.1, 0.15) is 23.0 Å². The monoisotopic (exact) mass is 251 g/mol. The molecule has 0 saturated carbocycles. The minimum atomic E-state index is 0.0489. The Labute approximate surface area is 103 Å². The average Bonchev–Trinajstić information content (AvgIpc) is 2.93. The van der Waals surface area contributed by atoms with Gasteiger partial charge in [0.25, 0.3) is 0 Å². The predicted octanol–water partition coefficient (Wildman–Crippen LogP) is 2.14. The Balaban J connectivity index is 2.48. The van der Waals surface area contributed by atoms with E-state index in [4.69, 9.17) is 4.74 Å². The Kier molecular flexibility index (Phi) is 3.23. The van der Waals surface area contributed by atoms with Gasteiger partial charge in [0.1, 0.15) is 9.88 Å². The van der Waals surface area contributed by atoms with Crippen molar-refractivity contribution in [3.8, 4) is 16.6 Å². The van der Waals surface area contributed by atoms with Crippen molar-refractivity contribution < 1.29 is 9.53 Å². The summed E-state index contributed by atoms with van der Waals surface area (Å²) in [6.45, 7) is 1.82. The van der Waals surface area contributed by atoms with Crippen LogP contribution in [-0.4, -0.2) is 27.4 Å². The van der Waals surface area contributed by atoms with Crippen molar-refractivity contribution in [1.29, 1.82) is 0 Å². The molecular weight excluding hydrogens is 238 g/mol. The van der Waals surface area contributed by atoms with Gasteiger partial charge < -0.3 is 9.30 Å². The Hall–Kier alpha value is -1.69. The Morgan fingerprint density at radius 3 is 2.88 bits per heavy atom. The van der Waals surface area contributed by atoms with E-state index in [0.717, 1.165) is 10.7 Å². The first kappa shape index (κ1) is 11.8. The lowest BCUT2D eigenvalue weighted by atomic mass is 10.3. The van der Waals surface area contributed by atoms with E-state index in [1.165, 1.54) is 18.4 Å². The van der Waals surface area contributed by atoms with Crippen molar-refractivity contribution in [3.63, 3.8) is 0 Å². The number of hydrogen-bond acceptors (Lipinski definition) is 5. The molecule has 0 bridgehead atoms. The quantitative estimate of drug-likeness (QED) is 0.781. The summed E-state index contributed by atoms with van der Waals surface area (Å²) in [5.74, 6) is 0.450. The van der Waals surface area contributed by atoms with Crippen LogP contribution in [0.15, 0.2) is 12.5 Å². The molecule has 0 aromatic carbocycles. The number of nitrogens with zero attached hydrogens (tertiary/aromatic N) is 3. The summed E-state index contributed by atoms with van der Waals surface area (Å²) in [6, 6.07) is 0. The van der Waals surface area contributed by atoms with Gasteiger partial charge in [0.15, 0.2) is 5.78 Å². The van der Waals surface area contributed by atoms with Crippen molar-refractivity contribution in [3.05, 3.63) is 17.4 Å². The number of hydrogen-bond donors (Lipinski definition) is 0. The normalized spacial score (nSPS) is 10.5. The molecule has 0 amide bonds. The number of methoxy groups -OCH3 is 1. The molecule has 0 aliphatic carbocycles. The third-order valence-electron chi connectivity index (χ3n) is 2.40. The summed E-state index contributed by atoms with van der Waals surface area (Å²) in [6.07, 6.45) is 3.87. The molecule has 0 saturated heterocycles. The number of imidazole rings is 1. The zero-order valence-corrected chi connectivity index (χ0v) is 10.7. The molecule has 0 unspecified atom stereocenters. The van der Waals surface area contributed by atoms with E-state index in [1.54, 1.807) is 12.5 Å². The second-order valence-electron chi connectivity index (χ2n) is 3.52. The number of Topliss-reactive ketones (excluding diaryl/α,β-unsaturated/α-hetero) is 1. The number of aryl methyl sites for hydroxylation is 1. The van der Waals surface area contributed by atoms with Gasteiger partial charge in [0.05, 0.1) is 25.3 Å². The number of carbonyl (C=O) groups is 1. The molecule has 17 heavy (non-hydrogen) atoms. The van der Waals surface area contributed by atoms with E-state index in [1.807, 2.05) is 18.5 Å². The average molecular weight is 251 g/mol. The maximum absolute atomic E-state index is 11.7. The first-order valence-electron chi connectivity index (χ1n) is 5.22. The standard InChI is InChI=1S/C11H13N3O2S/c1-4-8(15)9-10(16-3)13-11(17-9)7-5-12-6-14(7)2/h5-6H,4H2,1-3H3. The summed E-state index contributed by atoms with van der Waals surface area (Å²) in [4.78, 5) is 20.7. The maximum Gasteiger partial charge on any atom is 0.236 e. The fourth-order valence-electron chi connectivity index (χ4n) is 1.45. The summed E-state index contributed by atoms with van der Waals surface area (Å²) >= 11 is 1.34. The second kappa shape index (κ2) is 4.67. The van der Waals surface area contributed by atoms with Crippen molar-refractivity contribution in [1.82, 2.24) is 14.5 Å². The number of ether oxygens (including phenoxy) is 1. The molecule has 0 N–H and O–H groups in total. The molecule has 0 atom stereocenters. The minimum Gasteiger partial charge on any atom is -0.480 e. The van der Waals surface area contributed by atoms with E-state index in [0.29, 0.717) is 17.2 Å². The molecule has 2 heterocycles. The molecule has 0 aliphatic heterocycles. The van der Waals surface area contributed by atoms with Crippen molar-refractivity contribution in [2.75, 3.05) is 7.11 Å². The zero-order chi connectivity index (χ0) is 12.4. The molecule has 6 heteroatoms. The molecule has 2 aromatic heterocycles. The van der Waals surface area contributed by atoms with E-state index >= 15 is 0 Å². The number of ketones is 1. The lowest BCUT2D eigenvalue weighted by Crippen LogP contribution is -1.96. The third kappa shape index (κ3) is 2.08. The summed E-state index contributed by atoms with van der Waals surface area (Å²) < 4.78 is 7.00. The van der Waals surface area contributed by atoms with Gasteiger partial charge in [-0.05, 0) is 0 Å². The van der Waals surface area contributed by atoms with Crippen LogP contribution in [-0.2, 0) is 7.05 Å². The van der Waals surface area contributed by atoms with Crippen LogP contribution >= 0.6 is 11.3 Å². The van der Waals surface area contributed by atoms with Crippen molar-refractivity contribution >= 4 is 17.1 Å². The highest BCUT2D eigenvalue weighted by Gasteiger charge is 2.19. The van der Waals surface area contributed by atoms with Crippen LogP contribution in [0.2, 0.25) is 0 Å². The van der Waals surface area contributed by atoms with Gasteiger partial charge in [0.2, 0.25) is 5.88 Å². The van der Waals surface area contributed by atoms with Gasteiger partial charge >= 0.3 is 0 Å². The summed E-state index contributed by atoms with van der Waals surface area (Å²) in [5, 5.41) is 0.749. The third-order valence-corrected chi connectivity index (χ3v) is 3.50. The highest BCUT2D eigenvalue weighted by Crippen LogP contribution is 2.32. The summed E-state index contributed by atoms with van der Waals surface area (Å²) in [7, 11) is 3.41. The fourth-order valence-corrected chi connectivity index (χ4v) is 2.55. The van der Waals surface area contributed by atoms with Crippen LogP contribution in [0.25, 0.3) is 10.7 Å². The molecule has 0 radical (unpaired) electrons. The lowest BCUT2D eigenvalue weighted by Gasteiger charge is -1.96. The number of thiazole rings is 1. The SMILES string of the molecule is CCC(=O)c1sc(-c2cncn2C)nc1OC. The van der Waals surface area contributed by atoms with Gasteiger partial charge in [-0.1, -0.05) is 6.92 Å². The van der Waals surface area contributed by atoms with Gasteiger partial charge in [-0.15, -0.1) is 11.3 Å². The van der Waals surface area contributed by atoms with Crippen molar-refractivity contribution in [2.24, 2.45) is 7.05 Å². The Bertz CT molecular complexity index is 545. The molecule has 0 spiro atoms. The van der Waals surface area contributed by atoms with Crippen LogP contribution in [0.4, 0.5) is 0 Å². The molecule has 0 fully saturated rings. The van der Waals surface area contributed by atoms with Gasteiger partial charge in [0, 0.05) is 13.5 Å². The maximum atomic E-state index is 11.7.